The van der Waals surface area contributed by atoms with E-state index < -0.39 is 23.6 Å². The van der Waals surface area contributed by atoms with Gasteiger partial charge in [-0.2, -0.15) is 0 Å². The second-order valence-corrected chi connectivity index (χ2v) is 8.44. The van der Waals surface area contributed by atoms with Crippen molar-refractivity contribution in [1.29, 1.82) is 0 Å². The van der Waals surface area contributed by atoms with E-state index in [2.05, 4.69) is 15.3 Å². The van der Waals surface area contributed by atoms with Gasteiger partial charge in [0.2, 0.25) is 5.91 Å². The van der Waals surface area contributed by atoms with E-state index >= 15 is 0 Å². The van der Waals surface area contributed by atoms with Gasteiger partial charge in [-0.25, -0.2) is 13.8 Å². The zero-order valence-electron chi connectivity index (χ0n) is 17.9. The Balaban J connectivity index is 1.56. The van der Waals surface area contributed by atoms with Crippen molar-refractivity contribution in [3.63, 3.8) is 0 Å². The third kappa shape index (κ3) is 5.31. The highest BCUT2D eigenvalue weighted by molar-refractivity contribution is 6.31. The third-order valence-electron chi connectivity index (χ3n) is 5.81. The number of aromatic nitrogens is 2. The molecule has 0 bridgehead atoms. The van der Waals surface area contributed by atoms with Gasteiger partial charge in [0.1, 0.15) is 29.0 Å². The molecule has 0 saturated carbocycles. The van der Waals surface area contributed by atoms with Crippen molar-refractivity contribution in [2.24, 2.45) is 0 Å². The number of ether oxygens (including phenoxy) is 1. The lowest BCUT2D eigenvalue weighted by molar-refractivity contribution is -0.135. The molecule has 0 unspecified atom stereocenters. The summed E-state index contributed by atoms with van der Waals surface area (Å²) in [6.45, 7) is 0.925. The summed E-state index contributed by atoms with van der Waals surface area (Å²) in [6.07, 6.45) is 2.74. The predicted octanol–water partition coefficient (Wildman–Crippen LogP) is 3.47. The van der Waals surface area contributed by atoms with Crippen LogP contribution in [0.3, 0.4) is 0 Å². The van der Waals surface area contributed by atoms with Gasteiger partial charge in [-0.1, -0.05) is 17.7 Å². The number of pyridine rings is 1. The fraction of sp³-hybridized carbons (Fsp3) is 0.348. The summed E-state index contributed by atoms with van der Waals surface area (Å²) in [4.78, 5) is 34.9. The maximum atomic E-state index is 14.3. The van der Waals surface area contributed by atoms with Gasteiger partial charge in [-0.3, -0.25) is 9.59 Å². The molecule has 0 spiro atoms. The molecule has 4 rings (SSSR count). The molecule has 174 valence electrons. The molecule has 33 heavy (non-hydrogen) atoms. The van der Waals surface area contributed by atoms with Crippen molar-refractivity contribution < 1.29 is 23.1 Å². The van der Waals surface area contributed by atoms with Gasteiger partial charge in [-0.05, 0) is 36.6 Å². The highest BCUT2D eigenvalue weighted by atomic mass is 35.5. The van der Waals surface area contributed by atoms with Crippen molar-refractivity contribution in [1.82, 2.24) is 20.2 Å². The van der Waals surface area contributed by atoms with Crippen LogP contribution >= 0.6 is 11.6 Å². The average Bonchev–Trinajstić information content (AvgIpc) is 3.23. The van der Waals surface area contributed by atoms with Crippen LogP contribution in [0.5, 0.6) is 0 Å². The van der Waals surface area contributed by atoms with Crippen molar-refractivity contribution in [2.45, 2.75) is 31.4 Å². The van der Waals surface area contributed by atoms with Gasteiger partial charge in [0.05, 0.1) is 11.1 Å². The minimum absolute atomic E-state index is 0.0716. The van der Waals surface area contributed by atoms with Crippen LogP contribution < -0.4 is 5.32 Å². The van der Waals surface area contributed by atoms with Crippen LogP contribution in [-0.2, 0) is 16.0 Å². The lowest BCUT2D eigenvalue weighted by atomic mass is 10.0. The number of carbonyl (C=O) groups excluding carboxylic acids is 2. The molecule has 2 amide bonds. The van der Waals surface area contributed by atoms with Crippen LogP contribution in [0.1, 0.15) is 28.9 Å². The van der Waals surface area contributed by atoms with E-state index in [9.17, 15) is 18.4 Å². The van der Waals surface area contributed by atoms with E-state index in [0.717, 1.165) is 12.1 Å². The molecule has 1 aliphatic heterocycles. The third-order valence-corrected chi connectivity index (χ3v) is 6.02. The molecular formula is C23H23ClF2N4O3. The minimum atomic E-state index is -1.04. The van der Waals surface area contributed by atoms with E-state index in [1.165, 1.54) is 12.3 Å². The number of nitrogens with zero attached hydrogens (tertiary/aromatic N) is 2. The van der Waals surface area contributed by atoms with Crippen LogP contribution in [0.4, 0.5) is 8.78 Å². The number of piperidine rings is 1. The Hall–Kier alpha value is -3.04. The van der Waals surface area contributed by atoms with Crippen LogP contribution in [0, 0.1) is 11.6 Å². The van der Waals surface area contributed by atoms with Crippen LogP contribution in [0.2, 0.25) is 5.02 Å². The Morgan fingerprint density at radius 1 is 1.27 bits per heavy atom. The zero-order valence-corrected chi connectivity index (χ0v) is 18.7. The summed E-state index contributed by atoms with van der Waals surface area (Å²) >= 11 is 5.96. The quantitative estimate of drug-likeness (QED) is 0.570. The first-order chi connectivity index (χ1) is 15.8. The number of nitrogens with one attached hydrogen (secondary N) is 2. The number of hydrogen-bond donors (Lipinski definition) is 2. The number of hydrogen-bond acceptors (Lipinski definition) is 4. The van der Waals surface area contributed by atoms with Gasteiger partial charge in [0.15, 0.2) is 0 Å². The lowest BCUT2D eigenvalue weighted by Crippen LogP contribution is -2.52. The number of halogens is 3. The minimum Gasteiger partial charge on any atom is -0.381 e. The Kier molecular flexibility index (Phi) is 6.90. The number of methoxy groups -OCH3 is 1. The van der Waals surface area contributed by atoms with Crippen molar-refractivity contribution in [3.05, 3.63) is 64.4 Å². The standard InChI is InChI=1S/C23H23ClF2N4O3/c1-33-17-4-6-30(7-5-17)23(32)20(9-13-2-3-16(25)11-18(13)26)29-22(31)19-10-14-8-15(24)12-27-21(14)28-19/h2-3,8,10-12,17,20H,4-7,9H2,1H3,(H,27,28)(H,29,31)/t20-/m0/s1. The predicted molar refractivity (Wildman–Crippen MR) is 119 cm³/mol. The number of carbonyl (C=O) groups is 2. The van der Waals surface area contributed by atoms with Crippen LogP contribution in [0.25, 0.3) is 11.0 Å². The Morgan fingerprint density at radius 2 is 2.03 bits per heavy atom. The van der Waals surface area contributed by atoms with Gasteiger partial charge < -0.3 is 19.9 Å². The molecule has 3 heterocycles. The topological polar surface area (TPSA) is 87.3 Å². The first-order valence-electron chi connectivity index (χ1n) is 10.5. The summed E-state index contributed by atoms with van der Waals surface area (Å²) in [7, 11) is 1.63. The second kappa shape index (κ2) is 9.84. The number of fused-ring (bicyclic) bond motifs is 1. The highest BCUT2D eigenvalue weighted by Crippen LogP contribution is 2.20. The van der Waals surface area contributed by atoms with Crippen molar-refractivity contribution >= 4 is 34.4 Å². The van der Waals surface area contributed by atoms with Crippen LogP contribution in [0.15, 0.2) is 36.5 Å². The summed E-state index contributed by atoms with van der Waals surface area (Å²) in [5.74, 6) is -2.37. The first kappa shape index (κ1) is 23.1. The monoisotopic (exact) mass is 476 g/mol. The van der Waals surface area contributed by atoms with Gasteiger partial charge in [0, 0.05) is 44.3 Å². The molecule has 1 saturated heterocycles. The Morgan fingerprint density at radius 3 is 2.73 bits per heavy atom. The molecule has 1 atom stereocenters. The summed E-state index contributed by atoms with van der Waals surface area (Å²) < 4.78 is 33.0. The van der Waals surface area contributed by atoms with E-state index in [4.69, 9.17) is 16.3 Å². The molecule has 10 heteroatoms. The number of likely N-dealkylation sites (tertiary alicyclic amines) is 1. The molecule has 0 aliphatic carbocycles. The van der Waals surface area contributed by atoms with Gasteiger partial charge in [-0.15, -0.1) is 0 Å². The molecule has 0 radical (unpaired) electrons. The smallest absolute Gasteiger partial charge is 0.268 e. The highest BCUT2D eigenvalue weighted by Gasteiger charge is 2.30. The number of benzene rings is 1. The Bertz CT molecular complexity index is 1180. The van der Waals surface area contributed by atoms with Gasteiger partial charge in [0.25, 0.3) is 5.91 Å². The van der Waals surface area contributed by atoms with E-state index in [0.29, 0.717) is 42.0 Å². The second-order valence-electron chi connectivity index (χ2n) is 8.00. The molecule has 1 aromatic carbocycles. The van der Waals surface area contributed by atoms with Crippen LogP contribution in [-0.4, -0.2) is 59.0 Å². The molecule has 1 fully saturated rings. The SMILES string of the molecule is COC1CCN(C(=O)[C@H](Cc2ccc(F)cc2F)NC(=O)c2cc3cc(Cl)cnc3[nH]2)CC1. The number of aromatic amines is 1. The first-order valence-corrected chi connectivity index (χ1v) is 10.9. The summed E-state index contributed by atoms with van der Waals surface area (Å²) in [5.41, 5.74) is 0.792. The zero-order chi connectivity index (χ0) is 23.5. The fourth-order valence-electron chi connectivity index (χ4n) is 3.99. The lowest BCUT2D eigenvalue weighted by Gasteiger charge is -2.34. The largest absolute Gasteiger partial charge is 0.381 e. The van der Waals surface area contributed by atoms with E-state index in [-0.39, 0.29) is 29.7 Å². The molecule has 2 N–H and O–H groups in total. The van der Waals surface area contributed by atoms with Crippen molar-refractivity contribution in [3.8, 4) is 0 Å². The molecule has 7 nitrogen and oxygen atoms in total. The molecule has 2 aromatic heterocycles. The number of H-pyrrole nitrogens is 1. The molecule has 3 aromatic rings. The number of amides is 2. The van der Waals surface area contributed by atoms with Gasteiger partial charge >= 0.3 is 0 Å². The maximum Gasteiger partial charge on any atom is 0.268 e. The Labute approximate surface area is 194 Å². The molecular weight excluding hydrogens is 454 g/mol. The maximum absolute atomic E-state index is 14.3. The summed E-state index contributed by atoms with van der Waals surface area (Å²) in [6, 6.07) is 5.36. The average molecular weight is 477 g/mol. The molecule has 1 aliphatic rings. The van der Waals surface area contributed by atoms with E-state index in [1.54, 1.807) is 24.1 Å². The summed E-state index contributed by atoms with van der Waals surface area (Å²) in [5, 5.41) is 3.77. The van der Waals surface area contributed by atoms with Crippen molar-refractivity contribution in [2.75, 3.05) is 20.2 Å². The normalized spacial score (nSPS) is 15.6. The number of rotatable bonds is 6. The fourth-order valence-corrected chi connectivity index (χ4v) is 4.15. The van der Waals surface area contributed by atoms with E-state index in [1.807, 2.05) is 0 Å².